The quantitative estimate of drug-likeness (QED) is 0.709. The van der Waals surface area contributed by atoms with Crippen LogP contribution in [0.3, 0.4) is 0 Å². The number of halogens is 3. The van der Waals surface area contributed by atoms with Crippen LogP contribution < -0.4 is 5.32 Å². The van der Waals surface area contributed by atoms with Crippen molar-refractivity contribution in [3.63, 3.8) is 0 Å². The molecule has 2 atom stereocenters. The van der Waals surface area contributed by atoms with Crippen molar-refractivity contribution in [3.05, 3.63) is 0 Å². The van der Waals surface area contributed by atoms with Gasteiger partial charge in [0.15, 0.2) is 0 Å². The number of carbonyl (C=O) groups excluding carboxylic acids is 1. The largest absolute Gasteiger partial charge is 0.350 e. The lowest BCUT2D eigenvalue weighted by atomic mass is 9.53. The maximum absolute atomic E-state index is 15.2. The minimum atomic E-state index is -2.69. The van der Waals surface area contributed by atoms with Crippen molar-refractivity contribution >= 4 is 5.91 Å². The molecule has 3 aliphatic heterocycles. The third-order valence-electron chi connectivity index (χ3n) is 9.57. The lowest BCUT2D eigenvalue weighted by molar-refractivity contribution is -0.137. The molecule has 3 saturated heterocycles. The van der Waals surface area contributed by atoms with Crippen LogP contribution in [0.5, 0.6) is 0 Å². The maximum atomic E-state index is 15.2. The summed E-state index contributed by atoms with van der Waals surface area (Å²) in [5, 5.41) is 3.47. The van der Waals surface area contributed by atoms with Gasteiger partial charge in [-0.05, 0) is 75.5 Å². The van der Waals surface area contributed by atoms with Crippen molar-refractivity contribution in [3.8, 4) is 0 Å². The Morgan fingerprint density at radius 2 is 1.39 bits per heavy atom. The highest BCUT2D eigenvalue weighted by molar-refractivity contribution is 5.79. The predicted molar refractivity (Wildman–Crippen MR) is 112 cm³/mol. The molecule has 174 valence electrons. The van der Waals surface area contributed by atoms with Crippen LogP contribution in [0.1, 0.15) is 70.6 Å². The summed E-state index contributed by atoms with van der Waals surface area (Å²) in [6.45, 7) is 2.30. The van der Waals surface area contributed by atoms with Gasteiger partial charge in [0.1, 0.15) is 5.67 Å². The van der Waals surface area contributed by atoms with Crippen molar-refractivity contribution in [2.45, 2.75) is 99.8 Å². The first kappa shape index (κ1) is 20.8. The standard InChI is InChI=1S/C24H36F3N3O/c25-22(1-3-24(26,27)4-2-22)15-30-19-8-20(30)13-29(12-19)14-21(31)28-23-9-16-5-17(10-23)7-18(6-16)11-23/h16-20H,1-15H2,(H,28,31). The summed E-state index contributed by atoms with van der Waals surface area (Å²) >= 11 is 0. The third kappa shape index (κ3) is 3.92. The summed E-state index contributed by atoms with van der Waals surface area (Å²) < 4.78 is 42.0. The highest BCUT2D eigenvalue weighted by Gasteiger charge is 2.53. The molecule has 0 spiro atoms. The topological polar surface area (TPSA) is 35.6 Å². The van der Waals surface area contributed by atoms with Crippen LogP contribution in [-0.4, -0.2) is 71.1 Å². The van der Waals surface area contributed by atoms with Crippen LogP contribution >= 0.6 is 0 Å². The van der Waals surface area contributed by atoms with Gasteiger partial charge < -0.3 is 5.32 Å². The van der Waals surface area contributed by atoms with E-state index in [9.17, 15) is 13.6 Å². The number of nitrogens with zero attached hydrogens (tertiary/aromatic N) is 2. The molecule has 8 rings (SSSR count). The van der Waals surface area contributed by atoms with E-state index in [1.807, 2.05) is 0 Å². The van der Waals surface area contributed by atoms with Crippen LogP contribution in [0.2, 0.25) is 0 Å². The fourth-order valence-corrected chi connectivity index (χ4v) is 8.51. The summed E-state index contributed by atoms with van der Waals surface area (Å²) in [4.78, 5) is 17.3. The predicted octanol–water partition coefficient (Wildman–Crippen LogP) is 3.75. The van der Waals surface area contributed by atoms with E-state index >= 15 is 4.39 Å². The first-order valence-corrected chi connectivity index (χ1v) is 12.5. The van der Waals surface area contributed by atoms with Gasteiger partial charge in [-0.3, -0.25) is 14.6 Å². The molecule has 5 saturated carbocycles. The molecule has 6 bridgehead atoms. The van der Waals surface area contributed by atoms with E-state index in [1.54, 1.807) is 0 Å². The Kier molecular flexibility index (Phi) is 4.75. The Labute approximate surface area is 183 Å². The van der Waals surface area contributed by atoms with E-state index in [4.69, 9.17) is 0 Å². The van der Waals surface area contributed by atoms with Gasteiger partial charge in [0.25, 0.3) is 0 Å². The lowest BCUT2D eigenvalue weighted by Crippen LogP contribution is -2.71. The first-order valence-electron chi connectivity index (χ1n) is 12.5. The number of hydrogen-bond donors (Lipinski definition) is 1. The average molecular weight is 440 g/mol. The van der Waals surface area contributed by atoms with Crippen molar-refractivity contribution < 1.29 is 18.0 Å². The molecular formula is C24H36F3N3O. The second-order valence-corrected chi connectivity index (χ2v) is 12.2. The maximum Gasteiger partial charge on any atom is 0.248 e. The molecule has 0 aromatic carbocycles. The number of carbonyl (C=O) groups is 1. The zero-order valence-corrected chi connectivity index (χ0v) is 18.4. The van der Waals surface area contributed by atoms with Crippen LogP contribution in [0.25, 0.3) is 0 Å². The molecule has 2 unspecified atom stereocenters. The highest BCUT2D eigenvalue weighted by Crippen LogP contribution is 2.55. The van der Waals surface area contributed by atoms with Crippen LogP contribution in [0.4, 0.5) is 13.2 Å². The van der Waals surface area contributed by atoms with E-state index in [2.05, 4.69) is 15.1 Å². The molecule has 4 nitrogen and oxygen atoms in total. The molecule has 31 heavy (non-hydrogen) atoms. The van der Waals surface area contributed by atoms with Gasteiger partial charge in [-0.25, -0.2) is 13.2 Å². The molecule has 1 N–H and O–H groups in total. The van der Waals surface area contributed by atoms with Gasteiger partial charge in [-0.1, -0.05) is 0 Å². The zero-order chi connectivity index (χ0) is 21.4. The number of piperidine rings is 1. The Balaban J connectivity index is 1.00. The average Bonchev–Trinajstić information content (AvgIpc) is 2.67. The van der Waals surface area contributed by atoms with Gasteiger partial charge in [0.2, 0.25) is 11.8 Å². The lowest BCUT2D eigenvalue weighted by Gasteiger charge is -2.58. The number of nitrogens with one attached hydrogen (secondary N) is 1. The highest BCUT2D eigenvalue weighted by atomic mass is 19.3. The molecule has 3 heterocycles. The van der Waals surface area contributed by atoms with E-state index < -0.39 is 11.6 Å². The SMILES string of the molecule is O=C(CN1CC2CC(C1)N2CC1(F)CCC(F)(F)CC1)NC12CC3CC(CC(C3)C1)C2. The van der Waals surface area contributed by atoms with Crippen molar-refractivity contribution in [2.24, 2.45) is 17.8 Å². The summed E-state index contributed by atoms with van der Waals surface area (Å²) in [6.07, 6.45) is 7.92. The van der Waals surface area contributed by atoms with Gasteiger partial charge in [-0.2, -0.15) is 0 Å². The van der Waals surface area contributed by atoms with Crippen LogP contribution in [0.15, 0.2) is 0 Å². The minimum Gasteiger partial charge on any atom is -0.350 e. The van der Waals surface area contributed by atoms with E-state index in [0.717, 1.165) is 37.3 Å². The number of hydrogen-bond acceptors (Lipinski definition) is 3. The molecular weight excluding hydrogens is 403 g/mol. The molecule has 0 aromatic rings. The second kappa shape index (κ2) is 7.09. The zero-order valence-electron chi connectivity index (χ0n) is 18.4. The normalized spacial score (nSPS) is 45.3. The summed E-state index contributed by atoms with van der Waals surface area (Å²) in [7, 11) is 0. The Morgan fingerprint density at radius 3 is 1.94 bits per heavy atom. The number of amides is 1. The minimum absolute atomic E-state index is 0.0346. The Bertz CT molecular complexity index is 686. The Hall–Kier alpha value is -0.820. The third-order valence-corrected chi connectivity index (χ3v) is 9.57. The monoisotopic (exact) mass is 439 g/mol. The molecule has 7 heteroatoms. The summed E-state index contributed by atoms with van der Waals surface area (Å²) in [6, 6.07) is 0.530. The molecule has 8 fully saturated rings. The molecule has 1 amide bonds. The number of rotatable bonds is 5. The van der Waals surface area contributed by atoms with Crippen molar-refractivity contribution in [1.29, 1.82) is 0 Å². The second-order valence-electron chi connectivity index (χ2n) is 12.2. The fraction of sp³-hybridized carbons (Fsp3) is 0.958. The van der Waals surface area contributed by atoms with Crippen LogP contribution in [-0.2, 0) is 4.79 Å². The fourth-order valence-electron chi connectivity index (χ4n) is 8.51. The van der Waals surface area contributed by atoms with Gasteiger partial charge in [0.05, 0.1) is 6.54 Å². The van der Waals surface area contributed by atoms with Gasteiger partial charge in [-0.15, -0.1) is 0 Å². The van der Waals surface area contributed by atoms with Gasteiger partial charge >= 0.3 is 0 Å². The van der Waals surface area contributed by atoms with Crippen molar-refractivity contribution in [1.82, 2.24) is 15.1 Å². The number of alkyl halides is 3. The van der Waals surface area contributed by atoms with E-state index in [1.165, 1.54) is 38.5 Å². The molecule has 8 aliphatic rings. The smallest absolute Gasteiger partial charge is 0.248 e. The first-order chi connectivity index (χ1) is 14.7. The van der Waals surface area contributed by atoms with Gasteiger partial charge in [0, 0.05) is 50.1 Å². The molecule has 0 aromatic heterocycles. The Morgan fingerprint density at radius 1 is 0.839 bits per heavy atom. The molecule has 0 radical (unpaired) electrons. The number of fused-ring (bicyclic) bond motifs is 2. The molecule has 5 aliphatic carbocycles. The summed E-state index contributed by atoms with van der Waals surface area (Å²) in [5.41, 5.74) is -1.42. The number of piperazine rings is 1. The van der Waals surface area contributed by atoms with Crippen LogP contribution in [0, 0.1) is 17.8 Å². The van der Waals surface area contributed by atoms with E-state index in [0.29, 0.717) is 6.54 Å². The van der Waals surface area contributed by atoms with Crippen molar-refractivity contribution in [2.75, 3.05) is 26.2 Å². The van der Waals surface area contributed by atoms with E-state index in [-0.39, 0.29) is 55.8 Å². The summed E-state index contributed by atoms with van der Waals surface area (Å²) in [5.74, 6) is -0.0888.